The molecular weight excluding hydrogens is 228 g/mol. The lowest BCUT2D eigenvalue weighted by Gasteiger charge is -2.29. The molecule has 1 heterocycles. The van der Waals surface area contributed by atoms with Crippen LogP contribution in [0, 0.1) is 11.8 Å². The van der Waals surface area contributed by atoms with Gasteiger partial charge in [0, 0.05) is 9.75 Å². The van der Waals surface area contributed by atoms with Gasteiger partial charge >= 0.3 is 0 Å². The zero-order valence-corrected chi connectivity index (χ0v) is 11.4. The molecule has 0 spiro atoms. The highest BCUT2D eigenvalue weighted by atomic mass is 32.1. The Morgan fingerprint density at radius 2 is 2.00 bits per heavy atom. The van der Waals surface area contributed by atoms with Crippen LogP contribution in [-0.2, 0) is 12.8 Å². The molecular formula is C15H22OS. The van der Waals surface area contributed by atoms with Gasteiger partial charge in [-0.2, -0.15) is 0 Å². The van der Waals surface area contributed by atoms with Crippen molar-refractivity contribution in [3.05, 3.63) is 21.4 Å². The normalized spacial score (nSPS) is 30.2. The molecule has 0 radical (unpaired) electrons. The van der Waals surface area contributed by atoms with E-state index in [2.05, 4.69) is 13.0 Å². The Bertz CT molecular complexity index is 366. The van der Waals surface area contributed by atoms with Crippen LogP contribution in [0.15, 0.2) is 6.07 Å². The van der Waals surface area contributed by atoms with Gasteiger partial charge in [-0.1, -0.05) is 19.8 Å². The minimum absolute atomic E-state index is 0.182. The molecule has 0 saturated heterocycles. The molecule has 1 nitrogen and oxygen atoms in total. The highest BCUT2D eigenvalue weighted by molar-refractivity contribution is 7.12. The first-order valence-electron chi connectivity index (χ1n) is 7.03. The smallest absolute Gasteiger partial charge is 0.0910 e. The van der Waals surface area contributed by atoms with Gasteiger partial charge in [-0.15, -0.1) is 11.3 Å². The topological polar surface area (TPSA) is 20.2 Å². The number of aliphatic hydroxyl groups is 1. The first-order valence-corrected chi connectivity index (χ1v) is 7.85. The Kier molecular flexibility index (Phi) is 3.27. The molecule has 0 bridgehead atoms. The number of hydrogen-bond donors (Lipinski definition) is 1. The molecule has 1 fully saturated rings. The Balaban J connectivity index is 1.70. The maximum Gasteiger partial charge on any atom is 0.0910 e. The third-order valence-corrected chi connectivity index (χ3v) is 5.87. The van der Waals surface area contributed by atoms with E-state index < -0.39 is 0 Å². The van der Waals surface area contributed by atoms with E-state index in [4.69, 9.17) is 0 Å². The van der Waals surface area contributed by atoms with Gasteiger partial charge in [-0.05, 0) is 55.6 Å². The summed E-state index contributed by atoms with van der Waals surface area (Å²) in [6.07, 6.45) is 8.64. The van der Waals surface area contributed by atoms with Gasteiger partial charge in [0.25, 0.3) is 0 Å². The Morgan fingerprint density at radius 1 is 1.24 bits per heavy atom. The van der Waals surface area contributed by atoms with Gasteiger partial charge in [0.2, 0.25) is 0 Å². The Morgan fingerprint density at radius 3 is 2.71 bits per heavy atom. The summed E-state index contributed by atoms with van der Waals surface area (Å²) in [5, 5.41) is 10.5. The third kappa shape index (κ3) is 2.30. The summed E-state index contributed by atoms with van der Waals surface area (Å²) >= 11 is 1.87. The summed E-state index contributed by atoms with van der Waals surface area (Å²) in [5.41, 5.74) is 1.52. The van der Waals surface area contributed by atoms with Crippen LogP contribution in [0.1, 0.15) is 60.4 Å². The first kappa shape index (κ1) is 11.7. The summed E-state index contributed by atoms with van der Waals surface area (Å²) in [4.78, 5) is 2.79. The molecule has 3 rings (SSSR count). The quantitative estimate of drug-likeness (QED) is 0.838. The first-order chi connectivity index (χ1) is 8.24. The predicted molar refractivity (Wildman–Crippen MR) is 72.4 cm³/mol. The van der Waals surface area contributed by atoms with E-state index in [9.17, 15) is 5.11 Å². The van der Waals surface area contributed by atoms with E-state index in [1.165, 1.54) is 55.4 Å². The lowest BCUT2D eigenvalue weighted by molar-refractivity contribution is 0.0784. The van der Waals surface area contributed by atoms with Crippen LogP contribution in [0.4, 0.5) is 0 Å². The highest BCUT2D eigenvalue weighted by Crippen LogP contribution is 2.41. The number of thiophene rings is 1. The SMILES string of the molecule is CC1CCC(C(O)c2cc3c(s2)CCC3)CC1. The zero-order valence-electron chi connectivity index (χ0n) is 10.6. The van der Waals surface area contributed by atoms with E-state index in [0.717, 1.165) is 5.92 Å². The second kappa shape index (κ2) is 4.74. The molecule has 1 aromatic heterocycles. The standard InChI is InChI=1S/C15H22OS/c1-10-5-7-11(8-6-10)15(16)14-9-12-3-2-4-13(12)17-14/h9-11,15-16H,2-8H2,1H3. The van der Waals surface area contributed by atoms with Crippen LogP contribution in [0.25, 0.3) is 0 Å². The average Bonchev–Trinajstić information content (AvgIpc) is 2.89. The zero-order chi connectivity index (χ0) is 11.8. The molecule has 94 valence electrons. The summed E-state index contributed by atoms with van der Waals surface area (Å²) in [6.45, 7) is 2.34. The van der Waals surface area contributed by atoms with Crippen molar-refractivity contribution in [2.45, 2.75) is 58.0 Å². The van der Waals surface area contributed by atoms with Crippen molar-refractivity contribution >= 4 is 11.3 Å². The maximum absolute atomic E-state index is 10.5. The van der Waals surface area contributed by atoms with Gasteiger partial charge in [-0.25, -0.2) is 0 Å². The number of aryl methyl sites for hydroxylation is 2. The molecule has 1 saturated carbocycles. The van der Waals surface area contributed by atoms with Gasteiger partial charge in [-0.3, -0.25) is 0 Å². The molecule has 0 amide bonds. The fourth-order valence-corrected chi connectivity index (χ4v) is 4.67. The van der Waals surface area contributed by atoms with Crippen LogP contribution < -0.4 is 0 Å². The highest BCUT2D eigenvalue weighted by Gasteiger charge is 2.28. The van der Waals surface area contributed by atoms with Gasteiger partial charge < -0.3 is 5.11 Å². The van der Waals surface area contributed by atoms with Crippen LogP contribution in [0.2, 0.25) is 0 Å². The predicted octanol–water partition coefficient (Wildman–Crippen LogP) is 4.10. The molecule has 2 heteroatoms. The van der Waals surface area contributed by atoms with E-state index in [1.54, 1.807) is 4.88 Å². The monoisotopic (exact) mass is 250 g/mol. The van der Waals surface area contributed by atoms with Crippen molar-refractivity contribution in [1.29, 1.82) is 0 Å². The van der Waals surface area contributed by atoms with Gasteiger partial charge in [0.05, 0.1) is 6.10 Å². The van der Waals surface area contributed by atoms with E-state index in [0.29, 0.717) is 5.92 Å². The molecule has 1 unspecified atom stereocenters. The van der Waals surface area contributed by atoms with Gasteiger partial charge in [0.15, 0.2) is 0 Å². The fourth-order valence-electron chi connectivity index (χ4n) is 3.33. The minimum atomic E-state index is -0.182. The molecule has 1 aromatic rings. The van der Waals surface area contributed by atoms with E-state index in [-0.39, 0.29) is 6.10 Å². The summed E-state index contributed by atoms with van der Waals surface area (Å²) < 4.78 is 0. The third-order valence-electron chi connectivity index (χ3n) is 4.56. The summed E-state index contributed by atoms with van der Waals surface area (Å²) in [5.74, 6) is 1.39. The summed E-state index contributed by atoms with van der Waals surface area (Å²) in [7, 11) is 0. The van der Waals surface area contributed by atoms with Crippen molar-refractivity contribution < 1.29 is 5.11 Å². The number of rotatable bonds is 2. The maximum atomic E-state index is 10.5. The largest absolute Gasteiger partial charge is 0.387 e. The lowest BCUT2D eigenvalue weighted by Crippen LogP contribution is -2.18. The van der Waals surface area contributed by atoms with Crippen LogP contribution in [0.5, 0.6) is 0 Å². The van der Waals surface area contributed by atoms with Crippen molar-refractivity contribution in [3.63, 3.8) is 0 Å². The molecule has 1 N–H and O–H groups in total. The van der Waals surface area contributed by atoms with E-state index >= 15 is 0 Å². The Labute approximate surface area is 108 Å². The van der Waals surface area contributed by atoms with Gasteiger partial charge in [0.1, 0.15) is 0 Å². The lowest BCUT2D eigenvalue weighted by atomic mass is 9.80. The molecule has 2 aliphatic rings. The van der Waals surface area contributed by atoms with Crippen molar-refractivity contribution in [3.8, 4) is 0 Å². The molecule has 1 atom stereocenters. The van der Waals surface area contributed by atoms with Crippen molar-refractivity contribution in [1.82, 2.24) is 0 Å². The van der Waals surface area contributed by atoms with E-state index in [1.807, 2.05) is 11.3 Å². The average molecular weight is 250 g/mol. The fraction of sp³-hybridized carbons (Fsp3) is 0.733. The molecule has 17 heavy (non-hydrogen) atoms. The molecule has 2 aliphatic carbocycles. The Hall–Kier alpha value is -0.340. The minimum Gasteiger partial charge on any atom is -0.387 e. The second-order valence-electron chi connectivity index (χ2n) is 5.92. The second-order valence-corrected chi connectivity index (χ2v) is 7.08. The van der Waals surface area contributed by atoms with Crippen LogP contribution in [-0.4, -0.2) is 5.11 Å². The number of fused-ring (bicyclic) bond motifs is 1. The van der Waals surface area contributed by atoms with Crippen molar-refractivity contribution in [2.75, 3.05) is 0 Å². The number of hydrogen-bond acceptors (Lipinski definition) is 2. The van der Waals surface area contributed by atoms with Crippen LogP contribution in [0.3, 0.4) is 0 Å². The van der Waals surface area contributed by atoms with Crippen LogP contribution >= 0.6 is 11.3 Å². The molecule has 0 aliphatic heterocycles. The number of aliphatic hydroxyl groups excluding tert-OH is 1. The summed E-state index contributed by atoms with van der Waals surface area (Å²) in [6, 6.07) is 2.29. The molecule has 0 aromatic carbocycles. The van der Waals surface area contributed by atoms with Crippen molar-refractivity contribution in [2.24, 2.45) is 11.8 Å².